The summed E-state index contributed by atoms with van der Waals surface area (Å²) >= 11 is 0. The minimum absolute atomic E-state index is 0.00224. The normalized spacial score (nSPS) is 17.4. The maximum atomic E-state index is 13.0. The topological polar surface area (TPSA) is 131 Å². The highest BCUT2D eigenvalue weighted by molar-refractivity contribution is 6.02. The number of benzene rings is 2. The van der Waals surface area contributed by atoms with Crippen LogP contribution in [0.3, 0.4) is 0 Å². The molecule has 1 fully saturated rings. The summed E-state index contributed by atoms with van der Waals surface area (Å²) in [5, 5.41) is 27.8. The third-order valence-corrected chi connectivity index (χ3v) is 6.24. The zero-order valence-electron chi connectivity index (χ0n) is 21.4. The minimum atomic E-state index is -2.68. The summed E-state index contributed by atoms with van der Waals surface area (Å²) in [7, 11) is 3.75. The lowest BCUT2D eigenvalue weighted by Gasteiger charge is -2.33. The largest absolute Gasteiger partial charge is 0.380 e. The molecule has 0 aliphatic carbocycles. The van der Waals surface area contributed by atoms with Crippen LogP contribution in [0.25, 0.3) is 0 Å². The Morgan fingerprint density at radius 2 is 1.76 bits per heavy atom. The molecule has 2 aromatic rings. The van der Waals surface area contributed by atoms with Crippen molar-refractivity contribution in [2.75, 3.05) is 45.7 Å². The SMILES string of the molecule is CNC.O=CCCC(C=O)N1C(=O)c2cccc(NCc3cccc(CN4CCOCC4)c3)c2C1(O)O. The Labute approximate surface area is 217 Å². The summed E-state index contributed by atoms with van der Waals surface area (Å²) in [5.41, 5.74) is 2.67. The van der Waals surface area contributed by atoms with Crippen LogP contribution in [0.2, 0.25) is 0 Å². The van der Waals surface area contributed by atoms with Crippen LogP contribution in [0.1, 0.15) is 39.9 Å². The van der Waals surface area contributed by atoms with Gasteiger partial charge in [0.1, 0.15) is 12.6 Å². The van der Waals surface area contributed by atoms with Crippen LogP contribution in [-0.4, -0.2) is 84.9 Å². The summed E-state index contributed by atoms with van der Waals surface area (Å²) < 4.78 is 5.40. The van der Waals surface area contributed by atoms with E-state index in [1.165, 1.54) is 11.6 Å². The van der Waals surface area contributed by atoms with Crippen LogP contribution < -0.4 is 10.6 Å². The van der Waals surface area contributed by atoms with Gasteiger partial charge in [0.2, 0.25) is 0 Å². The molecule has 4 N–H and O–H groups in total. The summed E-state index contributed by atoms with van der Waals surface area (Å²) in [4.78, 5) is 38.4. The zero-order chi connectivity index (χ0) is 26.8. The number of nitrogens with zero attached hydrogens (tertiary/aromatic N) is 2. The highest BCUT2D eigenvalue weighted by Gasteiger charge is 2.52. The third kappa shape index (κ3) is 6.79. The van der Waals surface area contributed by atoms with E-state index in [0.717, 1.165) is 43.3 Å². The van der Waals surface area contributed by atoms with E-state index in [-0.39, 0.29) is 24.0 Å². The highest BCUT2D eigenvalue weighted by Crippen LogP contribution is 2.41. The molecule has 1 amide bonds. The second kappa shape index (κ2) is 13.4. The van der Waals surface area contributed by atoms with Crippen molar-refractivity contribution in [3.63, 3.8) is 0 Å². The molecule has 2 aliphatic heterocycles. The first-order valence-corrected chi connectivity index (χ1v) is 12.4. The van der Waals surface area contributed by atoms with Gasteiger partial charge in [-0.05, 0) is 43.8 Å². The standard InChI is InChI=1S/C25H29N3O6.C2H7N/c29-11-3-6-20(17-30)28-24(31)21-7-2-8-22(23(21)25(28,32)33)26-15-18-4-1-5-19(14-18)16-27-9-12-34-13-10-27;1-3-2/h1-2,4-5,7-8,11,14,17,20,26,32-33H,3,6,9-10,12-13,15-16H2;3H,1-2H3. The predicted octanol–water partition coefficient (Wildman–Crippen LogP) is 1.06. The molecule has 1 unspecified atom stereocenters. The summed E-state index contributed by atoms with van der Waals surface area (Å²) in [5.74, 6) is -3.35. The molecule has 1 atom stereocenters. The Morgan fingerprint density at radius 3 is 2.43 bits per heavy atom. The number of aliphatic hydroxyl groups is 2. The number of fused-ring (bicyclic) bond motifs is 1. The average molecular weight is 513 g/mol. The lowest BCUT2D eigenvalue weighted by molar-refractivity contribution is -0.256. The Balaban J connectivity index is 0.00000121. The van der Waals surface area contributed by atoms with E-state index in [4.69, 9.17) is 4.74 Å². The Morgan fingerprint density at radius 1 is 1.08 bits per heavy atom. The van der Waals surface area contributed by atoms with Gasteiger partial charge in [-0.15, -0.1) is 0 Å². The van der Waals surface area contributed by atoms with E-state index in [1.807, 2.05) is 26.2 Å². The number of hydrogen-bond acceptors (Lipinski definition) is 9. The molecule has 10 heteroatoms. The number of aldehydes is 2. The molecule has 2 heterocycles. The van der Waals surface area contributed by atoms with Crippen LogP contribution in [0, 0.1) is 0 Å². The van der Waals surface area contributed by atoms with E-state index < -0.39 is 17.9 Å². The van der Waals surface area contributed by atoms with Crippen LogP contribution in [0.4, 0.5) is 5.69 Å². The van der Waals surface area contributed by atoms with Crippen molar-refractivity contribution in [3.05, 3.63) is 64.7 Å². The van der Waals surface area contributed by atoms with Crippen molar-refractivity contribution < 1.29 is 29.3 Å². The van der Waals surface area contributed by atoms with Crippen molar-refractivity contribution in [2.45, 2.75) is 37.9 Å². The maximum absolute atomic E-state index is 13.0. The van der Waals surface area contributed by atoms with Gasteiger partial charge in [0.05, 0.1) is 30.4 Å². The molecule has 0 radical (unpaired) electrons. The number of ether oxygens (including phenoxy) is 1. The molecule has 0 saturated carbocycles. The summed E-state index contributed by atoms with van der Waals surface area (Å²) in [6.07, 6.45) is 1.11. The first-order chi connectivity index (χ1) is 17.9. The number of hydrogen-bond donors (Lipinski definition) is 4. The fraction of sp³-hybridized carbons (Fsp3) is 0.444. The molecule has 0 aromatic heterocycles. The van der Waals surface area contributed by atoms with Crippen molar-refractivity contribution in [2.24, 2.45) is 0 Å². The van der Waals surface area contributed by atoms with Gasteiger partial charge in [-0.3, -0.25) is 14.6 Å². The maximum Gasteiger partial charge on any atom is 0.281 e. The van der Waals surface area contributed by atoms with Gasteiger partial charge in [0.25, 0.3) is 11.8 Å². The number of nitrogens with one attached hydrogen (secondary N) is 2. The number of carbonyl (C=O) groups excluding carboxylic acids is 3. The molecule has 200 valence electrons. The number of carbonyl (C=O) groups is 3. The molecule has 0 bridgehead atoms. The van der Waals surface area contributed by atoms with E-state index >= 15 is 0 Å². The van der Waals surface area contributed by atoms with E-state index in [0.29, 0.717) is 24.8 Å². The van der Waals surface area contributed by atoms with Gasteiger partial charge in [-0.1, -0.05) is 30.3 Å². The molecular weight excluding hydrogens is 476 g/mol. The molecule has 4 rings (SSSR count). The van der Waals surface area contributed by atoms with Gasteiger partial charge < -0.3 is 35.2 Å². The Kier molecular flexibility index (Phi) is 10.3. The molecule has 2 aromatic carbocycles. The molecular formula is C27H36N4O6. The number of amides is 1. The van der Waals surface area contributed by atoms with Crippen LogP contribution in [0.5, 0.6) is 0 Å². The van der Waals surface area contributed by atoms with Gasteiger partial charge >= 0.3 is 0 Å². The van der Waals surface area contributed by atoms with Gasteiger partial charge in [0.15, 0.2) is 0 Å². The molecule has 1 saturated heterocycles. The molecule has 0 spiro atoms. The van der Waals surface area contributed by atoms with Crippen molar-refractivity contribution >= 4 is 24.2 Å². The summed E-state index contributed by atoms with van der Waals surface area (Å²) in [6, 6.07) is 11.8. The first-order valence-electron chi connectivity index (χ1n) is 12.4. The predicted molar refractivity (Wildman–Crippen MR) is 139 cm³/mol. The lowest BCUT2D eigenvalue weighted by Crippen LogP contribution is -2.50. The molecule has 37 heavy (non-hydrogen) atoms. The lowest BCUT2D eigenvalue weighted by atomic mass is 10.0. The first kappa shape index (κ1) is 28.4. The second-order valence-corrected chi connectivity index (χ2v) is 9.05. The van der Waals surface area contributed by atoms with Crippen molar-refractivity contribution in [1.29, 1.82) is 0 Å². The smallest absolute Gasteiger partial charge is 0.281 e. The van der Waals surface area contributed by atoms with Crippen LogP contribution in [0.15, 0.2) is 42.5 Å². The van der Waals surface area contributed by atoms with E-state index in [2.05, 4.69) is 27.7 Å². The fourth-order valence-electron chi connectivity index (χ4n) is 4.56. The highest BCUT2D eigenvalue weighted by atomic mass is 16.5. The Hall–Kier alpha value is -3.15. The zero-order valence-corrected chi connectivity index (χ0v) is 21.4. The molecule has 10 nitrogen and oxygen atoms in total. The van der Waals surface area contributed by atoms with Gasteiger partial charge in [0, 0.05) is 38.3 Å². The van der Waals surface area contributed by atoms with Crippen LogP contribution >= 0.6 is 0 Å². The number of morpholine rings is 1. The number of anilines is 1. The fourth-order valence-corrected chi connectivity index (χ4v) is 4.56. The van der Waals surface area contributed by atoms with Gasteiger partial charge in [-0.25, -0.2) is 0 Å². The van der Waals surface area contributed by atoms with Crippen molar-refractivity contribution in [3.8, 4) is 0 Å². The summed E-state index contributed by atoms with van der Waals surface area (Å²) in [6.45, 7) is 4.49. The quantitative estimate of drug-likeness (QED) is 0.273. The second-order valence-electron chi connectivity index (χ2n) is 9.05. The van der Waals surface area contributed by atoms with E-state index in [9.17, 15) is 24.6 Å². The third-order valence-electron chi connectivity index (χ3n) is 6.24. The van der Waals surface area contributed by atoms with Crippen molar-refractivity contribution in [1.82, 2.24) is 15.1 Å². The van der Waals surface area contributed by atoms with E-state index in [1.54, 1.807) is 12.1 Å². The Bertz CT molecular complexity index is 1070. The minimum Gasteiger partial charge on any atom is -0.380 e. The average Bonchev–Trinajstić information content (AvgIpc) is 3.10. The monoisotopic (exact) mass is 512 g/mol. The number of rotatable bonds is 10. The van der Waals surface area contributed by atoms with Crippen LogP contribution in [-0.2, 0) is 33.3 Å². The molecule has 2 aliphatic rings. The van der Waals surface area contributed by atoms with Gasteiger partial charge in [-0.2, -0.15) is 0 Å².